The van der Waals surface area contributed by atoms with Gasteiger partial charge in [0.15, 0.2) is 0 Å². The fraction of sp³-hybridized carbons (Fsp3) is 0.500. The molecule has 0 atom stereocenters. The molecule has 62 valence electrons. The Morgan fingerprint density at radius 3 is 2.82 bits per heavy atom. The third kappa shape index (κ3) is 1.82. The van der Waals surface area contributed by atoms with Gasteiger partial charge in [0.25, 0.3) is 0 Å². The van der Waals surface area contributed by atoms with Crippen LogP contribution >= 0.6 is 0 Å². The van der Waals surface area contributed by atoms with Crippen LogP contribution in [0.1, 0.15) is 19.6 Å². The summed E-state index contributed by atoms with van der Waals surface area (Å²) in [5.41, 5.74) is -0.141. The SMILES string of the molecule is CC(C)(CON)c1ccco1. The van der Waals surface area contributed by atoms with Crippen molar-refractivity contribution < 1.29 is 9.25 Å². The molecule has 0 bridgehead atoms. The first-order valence-corrected chi connectivity index (χ1v) is 3.52. The van der Waals surface area contributed by atoms with Crippen LogP contribution in [0.25, 0.3) is 0 Å². The molecular weight excluding hydrogens is 142 g/mol. The highest BCUT2D eigenvalue weighted by molar-refractivity contribution is 5.10. The number of rotatable bonds is 3. The topological polar surface area (TPSA) is 48.4 Å². The van der Waals surface area contributed by atoms with Gasteiger partial charge in [-0.1, -0.05) is 13.8 Å². The van der Waals surface area contributed by atoms with Gasteiger partial charge in [0.2, 0.25) is 0 Å². The Labute approximate surface area is 66.1 Å². The molecule has 3 nitrogen and oxygen atoms in total. The maximum Gasteiger partial charge on any atom is 0.111 e. The molecule has 1 heterocycles. The lowest BCUT2D eigenvalue weighted by molar-refractivity contribution is 0.0879. The van der Waals surface area contributed by atoms with Crippen molar-refractivity contribution >= 4 is 0 Å². The van der Waals surface area contributed by atoms with Gasteiger partial charge >= 0.3 is 0 Å². The largest absolute Gasteiger partial charge is 0.469 e. The second-order valence-electron chi connectivity index (χ2n) is 3.17. The summed E-state index contributed by atoms with van der Waals surface area (Å²) in [6.07, 6.45) is 1.65. The molecule has 0 spiro atoms. The molecular formula is C8H13NO2. The minimum absolute atomic E-state index is 0.141. The van der Waals surface area contributed by atoms with Crippen molar-refractivity contribution in [2.75, 3.05) is 6.61 Å². The molecule has 0 aliphatic rings. The van der Waals surface area contributed by atoms with Crippen molar-refractivity contribution in [3.05, 3.63) is 24.2 Å². The Morgan fingerprint density at radius 2 is 2.36 bits per heavy atom. The standard InChI is InChI=1S/C8H13NO2/c1-8(2,6-11-9)7-4-3-5-10-7/h3-5H,6,9H2,1-2H3. The van der Waals surface area contributed by atoms with E-state index in [1.165, 1.54) is 0 Å². The van der Waals surface area contributed by atoms with E-state index in [1.54, 1.807) is 6.26 Å². The highest BCUT2D eigenvalue weighted by Crippen LogP contribution is 2.22. The number of nitrogens with two attached hydrogens (primary N) is 1. The van der Waals surface area contributed by atoms with Crippen molar-refractivity contribution in [1.82, 2.24) is 0 Å². The maximum atomic E-state index is 5.22. The first kappa shape index (κ1) is 8.30. The van der Waals surface area contributed by atoms with Crippen LogP contribution in [0.2, 0.25) is 0 Å². The van der Waals surface area contributed by atoms with Gasteiger partial charge in [0.1, 0.15) is 5.76 Å². The molecule has 0 fully saturated rings. The van der Waals surface area contributed by atoms with Gasteiger partial charge in [0.05, 0.1) is 12.9 Å². The van der Waals surface area contributed by atoms with Gasteiger partial charge in [0, 0.05) is 5.41 Å². The van der Waals surface area contributed by atoms with Gasteiger partial charge in [-0.05, 0) is 12.1 Å². The summed E-state index contributed by atoms with van der Waals surface area (Å²) in [6.45, 7) is 4.48. The van der Waals surface area contributed by atoms with Gasteiger partial charge in [-0.3, -0.25) is 0 Å². The summed E-state index contributed by atoms with van der Waals surface area (Å²) in [6, 6.07) is 3.77. The van der Waals surface area contributed by atoms with E-state index in [0.29, 0.717) is 6.61 Å². The minimum atomic E-state index is -0.141. The van der Waals surface area contributed by atoms with Crippen LogP contribution in [0.3, 0.4) is 0 Å². The second kappa shape index (κ2) is 3.07. The lowest BCUT2D eigenvalue weighted by Gasteiger charge is -2.19. The molecule has 1 aromatic heterocycles. The summed E-state index contributed by atoms with van der Waals surface area (Å²) < 4.78 is 5.22. The molecule has 0 amide bonds. The van der Waals surface area contributed by atoms with Gasteiger partial charge in [-0.15, -0.1) is 0 Å². The van der Waals surface area contributed by atoms with Crippen LogP contribution in [0, 0.1) is 0 Å². The van der Waals surface area contributed by atoms with Crippen molar-refractivity contribution in [3.8, 4) is 0 Å². The Balaban J connectivity index is 2.73. The van der Waals surface area contributed by atoms with E-state index in [4.69, 9.17) is 10.3 Å². The first-order valence-electron chi connectivity index (χ1n) is 3.52. The molecule has 1 rings (SSSR count). The highest BCUT2D eigenvalue weighted by Gasteiger charge is 2.23. The zero-order chi connectivity index (χ0) is 8.32. The van der Waals surface area contributed by atoms with Crippen LogP contribution in [0.4, 0.5) is 0 Å². The molecule has 1 aromatic rings. The lowest BCUT2D eigenvalue weighted by Crippen LogP contribution is -2.25. The van der Waals surface area contributed by atoms with Gasteiger partial charge in [-0.2, -0.15) is 0 Å². The third-order valence-corrected chi connectivity index (χ3v) is 1.63. The summed E-state index contributed by atoms with van der Waals surface area (Å²) in [5, 5.41) is 0. The molecule has 0 radical (unpaired) electrons. The Kier molecular flexibility index (Phi) is 2.31. The van der Waals surface area contributed by atoms with Crippen LogP contribution < -0.4 is 5.90 Å². The van der Waals surface area contributed by atoms with E-state index >= 15 is 0 Å². The Morgan fingerprint density at radius 1 is 1.64 bits per heavy atom. The van der Waals surface area contributed by atoms with E-state index in [2.05, 4.69) is 4.84 Å². The zero-order valence-corrected chi connectivity index (χ0v) is 6.83. The van der Waals surface area contributed by atoms with Crippen molar-refractivity contribution in [1.29, 1.82) is 0 Å². The molecule has 0 aliphatic carbocycles. The molecule has 3 heteroatoms. The molecule has 0 unspecified atom stereocenters. The van der Waals surface area contributed by atoms with Crippen LogP contribution in [-0.4, -0.2) is 6.61 Å². The third-order valence-electron chi connectivity index (χ3n) is 1.63. The van der Waals surface area contributed by atoms with E-state index in [-0.39, 0.29) is 5.41 Å². The Hall–Kier alpha value is -0.800. The van der Waals surface area contributed by atoms with Crippen molar-refractivity contribution in [2.24, 2.45) is 5.90 Å². The fourth-order valence-corrected chi connectivity index (χ4v) is 0.943. The Bertz CT molecular complexity index is 204. The second-order valence-corrected chi connectivity index (χ2v) is 3.17. The molecule has 0 aromatic carbocycles. The summed E-state index contributed by atoms with van der Waals surface area (Å²) in [4.78, 5) is 4.57. The monoisotopic (exact) mass is 155 g/mol. The highest BCUT2D eigenvalue weighted by atomic mass is 16.6. The van der Waals surface area contributed by atoms with Crippen LogP contribution in [0.15, 0.2) is 22.8 Å². The van der Waals surface area contributed by atoms with Crippen LogP contribution in [0.5, 0.6) is 0 Å². The molecule has 11 heavy (non-hydrogen) atoms. The van der Waals surface area contributed by atoms with Crippen LogP contribution in [-0.2, 0) is 10.3 Å². The van der Waals surface area contributed by atoms with Crippen molar-refractivity contribution in [2.45, 2.75) is 19.3 Å². The van der Waals surface area contributed by atoms with Gasteiger partial charge < -0.3 is 9.25 Å². The van der Waals surface area contributed by atoms with E-state index in [0.717, 1.165) is 5.76 Å². The van der Waals surface area contributed by atoms with E-state index in [1.807, 2.05) is 26.0 Å². The number of hydrogen-bond acceptors (Lipinski definition) is 3. The summed E-state index contributed by atoms with van der Waals surface area (Å²) >= 11 is 0. The smallest absolute Gasteiger partial charge is 0.111 e. The molecule has 2 N–H and O–H groups in total. The molecule has 0 saturated heterocycles. The zero-order valence-electron chi connectivity index (χ0n) is 6.83. The summed E-state index contributed by atoms with van der Waals surface area (Å²) in [5.74, 6) is 5.87. The summed E-state index contributed by atoms with van der Waals surface area (Å²) in [7, 11) is 0. The van der Waals surface area contributed by atoms with Crippen molar-refractivity contribution in [3.63, 3.8) is 0 Å². The first-order chi connectivity index (χ1) is 5.17. The maximum absolute atomic E-state index is 5.22. The van der Waals surface area contributed by atoms with Gasteiger partial charge in [-0.25, -0.2) is 5.90 Å². The predicted molar refractivity (Wildman–Crippen MR) is 41.9 cm³/mol. The quantitative estimate of drug-likeness (QED) is 0.672. The minimum Gasteiger partial charge on any atom is -0.469 e. The number of hydrogen-bond donors (Lipinski definition) is 1. The normalized spacial score (nSPS) is 11.9. The molecule has 0 saturated carbocycles. The fourth-order valence-electron chi connectivity index (χ4n) is 0.943. The predicted octanol–water partition coefficient (Wildman–Crippen LogP) is 1.45. The molecule has 0 aliphatic heterocycles. The van der Waals surface area contributed by atoms with E-state index < -0.39 is 0 Å². The lowest BCUT2D eigenvalue weighted by atomic mass is 9.92. The average Bonchev–Trinajstić information content (AvgIpc) is 2.37. The number of furan rings is 1. The average molecular weight is 155 g/mol. The van der Waals surface area contributed by atoms with E-state index in [9.17, 15) is 0 Å².